The van der Waals surface area contributed by atoms with Crippen molar-refractivity contribution < 1.29 is 0 Å². The molecule has 1 aliphatic rings. The first-order chi connectivity index (χ1) is 14.3. The fourth-order valence-corrected chi connectivity index (χ4v) is 4.34. The molecule has 0 aromatic heterocycles. The summed E-state index contributed by atoms with van der Waals surface area (Å²) >= 11 is 0. The minimum Gasteiger partial charge on any atom is -0.344 e. The van der Waals surface area contributed by atoms with Crippen molar-refractivity contribution in [3.8, 4) is 0 Å². The molecule has 3 rings (SSSR count). The highest BCUT2D eigenvalue weighted by molar-refractivity contribution is 5.96. The molecule has 2 aromatic carbocycles. The van der Waals surface area contributed by atoms with Crippen molar-refractivity contribution in [3.05, 3.63) is 58.7 Å². The molecule has 4 nitrogen and oxygen atoms in total. The maximum absolute atomic E-state index is 5.06. The first-order valence-corrected chi connectivity index (χ1v) is 11.1. The van der Waals surface area contributed by atoms with E-state index < -0.39 is 0 Å². The van der Waals surface area contributed by atoms with Crippen LogP contribution in [0.25, 0.3) is 0 Å². The lowest BCUT2D eigenvalue weighted by Gasteiger charge is -2.27. The Hall–Kier alpha value is -2.62. The highest BCUT2D eigenvalue weighted by Gasteiger charge is 2.24. The maximum atomic E-state index is 5.06. The number of anilines is 2. The third-order valence-electron chi connectivity index (χ3n) is 5.99. The molecule has 30 heavy (non-hydrogen) atoms. The molecule has 1 aliphatic carbocycles. The van der Waals surface area contributed by atoms with Crippen LogP contribution in [-0.4, -0.2) is 23.8 Å². The predicted molar refractivity (Wildman–Crippen MR) is 131 cm³/mol. The number of nitrogens with one attached hydrogen (secondary N) is 2. The van der Waals surface area contributed by atoms with Crippen LogP contribution in [-0.2, 0) is 0 Å². The second-order valence-corrected chi connectivity index (χ2v) is 8.63. The average Bonchev–Trinajstić information content (AvgIpc) is 2.69. The van der Waals surface area contributed by atoms with Crippen molar-refractivity contribution in [1.29, 1.82) is 0 Å². The van der Waals surface area contributed by atoms with E-state index in [9.17, 15) is 0 Å². The zero-order chi connectivity index (χ0) is 21.7. The highest BCUT2D eigenvalue weighted by Crippen LogP contribution is 2.26. The third-order valence-corrected chi connectivity index (χ3v) is 5.99. The molecule has 1 saturated carbocycles. The number of hydrogen-bond donors (Lipinski definition) is 2. The number of benzene rings is 2. The smallest absolute Gasteiger partial charge is 0.0980 e. The quantitative estimate of drug-likeness (QED) is 0.446. The molecule has 0 radical (unpaired) electrons. The molecule has 160 valence electrons. The molecule has 0 heterocycles. The Labute approximate surface area is 181 Å². The van der Waals surface area contributed by atoms with Crippen LogP contribution < -0.4 is 10.6 Å². The average molecular weight is 405 g/mol. The van der Waals surface area contributed by atoms with Gasteiger partial charge in [-0.3, -0.25) is 9.98 Å². The maximum Gasteiger partial charge on any atom is 0.0980 e. The zero-order valence-corrected chi connectivity index (χ0v) is 19.3. The molecule has 0 spiro atoms. The number of para-hydroxylation sites is 2. The van der Waals surface area contributed by atoms with Crippen LogP contribution in [0.1, 0.15) is 61.8 Å². The minimum absolute atomic E-state index is 0.227. The topological polar surface area (TPSA) is 48.8 Å². The van der Waals surface area contributed by atoms with Gasteiger partial charge in [-0.15, -0.1) is 0 Å². The van der Waals surface area contributed by atoms with E-state index in [1.54, 1.807) is 0 Å². The van der Waals surface area contributed by atoms with Gasteiger partial charge in [-0.05, 0) is 76.6 Å². The molecule has 0 aliphatic heterocycles. The Morgan fingerprint density at radius 2 is 1.00 bits per heavy atom. The summed E-state index contributed by atoms with van der Waals surface area (Å²) in [4.78, 5) is 10.1. The molecular weight excluding hydrogens is 368 g/mol. The molecule has 2 N–H and O–H groups in total. The minimum atomic E-state index is 0.227. The van der Waals surface area contributed by atoms with Crippen LogP contribution in [0.5, 0.6) is 0 Å². The standard InChI is InChI=1S/C26H36N4/c1-17-11-9-12-18(2)25(17)29-21(5)27-23-15-7-8-16-24(23)28-22(6)30-26-19(3)13-10-14-20(26)4/h9-14,23-24H,7-8,15-16H2,1-6H3,(H,27,29)(H,28,30)/t23-,24-/m0/s1. The van der Waals surface area contributed by atoms with Crippen molar-refractivity contribution >= 4 is 23.0 Å². The van der Waals surface area contributed by atoms with Crippen molar-refractivity contribution in [2.24, 2.45) is 9.98 Å². The monoisotopic (exact) mass is 404 g/mol. The normalized spacial score (nSPS) is 20.2. The number of amidine groups is 2. The predicted octanol–water partition coefficient (Wildman–Crippen LogP) is 6.59. The van der Waals surface area contributed by atoms with Crippen LogP contribution in [0.2, 0.25) is 0 Å². The van der Waals surface area contributed by atoms with E-state index in [0.717, 1.165) is 24.5 Å². The van der Waals surface area contributed by atoms with Crippen molar-refractivity contribution in [3.63, 3.8) is 0 Å². The van der Waals surface area contributed by atoms with Crippen LogP contribution >= 0.6 is 0 Å². The van der Waals surface area contributed by atoms with E-state index in [1.807, 2.05) is 0 Å². The van der Waals surface area contributed by atoms with Crippen molar-refractivity contribution in [2.75, 3.05) is 10.6 Å². The van der Waals surface area contributed by atoms with E-state index in [0.29, 0.717) is 0 Å². The molecule has 2 aromatic rings. The highest BCUT2D eigenvalue weighted by atomic mass is 15.1. The lowest BCUT2D eigenvalue weighted by atomic mass is 9.91. The number of aryl methyl sites for hydroxylation is 4. The Kier molecular flexibility index (Phi) is 7.30. The first-order valence-electron chi connectivity index (χ1n) is 11.1. The molecular formula is C26H36N4. The van der Waals surface area contributed by atoms with Gasteiger partial charge >= 0.3 is 0 Å². The van der Waals surface area contributed by atoms with Gasteiger partial charge in [0.2, 0.25) is 0 Å². The van der Waals surface area contributed by atoms with E-state index in [2.05, 4.69) is 88.6 Å². The summed E-state index contributed by atoms with van der Waals surface area (Å²) in [6, 6.07) is 13.2. The lowest BCUT2D eigenvalue weighted by Crippen LogP contribution is -2.30. The van der Waals surface area contributed by atoms with Gasteiger partial charge in [-0.1, -0.05) is 49.2 Å². The molecule has 0 saturated heterocycles. The molecule has 2 atom stereocenters. The summed E-state index contributed by atoms with van der Waals surface area (Å²) < 4.78 is 0. The number of nitrogens with zero attached hydrogens (tertiary/aromatic N) is 2. The largest absolute Gasteiger partial charge is 0.344 e. The van der Waals surface area contributed by atoms with Gasteiger partial charge in [0.1, 0.15) is 0 Å². The van der Waals surface area contributed by atoms with Gasteiger partial charge in [0.25, 0.3) is 0 Å². The van der Waals surface area contributed by atoms with E-state index >= 15 is 0 Å². The van der Waals surface area contributed by atoms with Gasteiger partial charge < -0.3 is 10.6 Å². The molecule has 0 unspecified atom stereocenters. The fourth-order valence-electron chi connectivity index (χ4n) is 4.34. The number of rotatable bonds is 4. The molecule has 4 heteroatoms. The Bertz CT molecular complexity index is 824. The molecule has 0 amide bonds. The summed E-state index contributed by atoms with van der Waals surface area (Å²) in [5.74, 6) is 1.94. The summed E-state index contributed by atoms with van der Waals surface area (Å²) in [6.07, 6.45) is 4.63. The second-order valence-electron chi connectivity index (χ2n) is 8.63. The van der Waals surface area contributed by atoms with E-state index in [1.165, 1.54) is 46.5 Å². The van der Waals surface area contributed by atoms with Crippen LogP contribution in [0.15, 0.2) is 46.4 Å². The number of aliphatic imine (C=N–C) groups is 2. The fraction of sp³-hybridized carbons (Fsp3) is 0.462. The SMILES string of the molecule is CC(=N[C@H]1CCCC[C@@H]1N=C(C)Nc1c(C)cccc1C)Nc1c(C)cccc1C. The Morgan fingerprint density at radius 1 is 0.667 bits per heavy atom. The van der Waals surface area contributed by atoms with E-state index in [4.69, 9.17) is 9.98 Å². The summed E-state index contributed by atoms with van der Waals surface area (Å²) in [7, 11) is 0. The van der Waals surface area contributed by atoms with Crippen LogP contribution in [0.3, 0.4) is 0 Å². The Balaban J connectivity index is 1.75. The summed E-state index contributed by atoms with van der Waals surface area (Å²) in [5, 5.41) is 7.08. The second kappa shape index (κ2) is 9.92. The van der Waals surface area contributed by atoms with Gasteiger partial charge in [-0.2, -0.15) is 0 Å². The summed E-state index contributed by atoms with van der Waals surface area (Å²) in [6.45, 7) is 12.7. The van der Waals surface area contributed by atoms with Gasteiger partial charge in [0.15, 0.2) is 0 Å². The molecule has 1 fully saturated rings. The van der Waals surface area contributed by atoms with Crippen LogP contribution in [0, 0.1) is 27.7 Å². The van der Waals surface area contributed by atoms with E-state index in [-0.39, 0.29) is 12.1 Å². The summed E-state index contributed by atoms with van der Waals surface area (Å²) in [5.41, 5.74) is 7.32. The zero-order valence-electron chi connectivity index (χ0n) is 19.3. The van der Waals surface area contributed by atoms with Crippen LogP contribution in [0.4, 0.5) is 11.4 Å². The Morgan fingerprint density at radius 3 is 1.33 bits per heavy atom. The number of hydrogen-bond acceptors (Lipinski definition) is 2. The lowest BCUT2D eigenvalue weighted by molar-refractivity contribution is 0.388. The van der Waals surface area contributed by atoms with Crippen molar-refractivity contribution in [1.82, 2.24) is 0 Å². The van der Waals surface area contributed by atoms with Gasteiger partial charge in [0, 0.05) is 11.4 Å². The first kappa shape index (κ1) is 22.1. The van der Waals surface area contributed by atoms with Gasteiger partial charge in [-0.25, -0.2) is 0 Å². The third kappa shape index (κ3) is 5.50. The van der Waals surface area contributed by atoms with Crippen molar-refractivity contribution in [2.45, 2.75) is 79.3 Å². The van der Waals surface area contributed by atoms with Gasteiger partial charge in [0.05, 0.1) is 23.8 Å². The molecule has 0 bridgehead atoms.